The monoisotopic (exact) mass is 312 g/mol. The van der Waals surface area contributed by atoms with Crippen LogP contribution in [0.3, 0.4) is 0 Å². The minimum Gasteiger partial charge on any atom is -0.447 e. The van der Waals surface area contributed by atoms with Crippen LogP contribution in [0, 0.1) is 0 Å². The maximum Gasteiger partial charge on any atom is 0.243 e. The van der Waals surface area contributed by atoms with Crippen LogP contribution >= 0.6 is 23.2 Å². The van der Waals surface area contributed by atoms with Crippen molar-refractivity contribution in [2.24, 2.45) is 5.10 Å². The van der Waals surface area contributed by atoms with Gasteiger partial charge in [0, 0.05) is 25.3 Å². The second-order valence-electron chi connectivity index (χ2n) is 5.12. The smallest absolute Gasteiger partial charge is 0.243 e. The van der Waals surface area contributed by atoms with Crippen molar-refractivity contribution in [3.8, 4) is 0 Å². The molecule has 1 saturated carbocycles. The van der Waals surface area contributed by atoms with E-state index in [1.807, 2.05) is 0 Å². The van der Waals surface area contributed by atoms with Crippen LogP contribution in [0.15, 0.2) is 23.3 Å². The number of carbonyl (C=O) groups is 1. The molecule has 1 aliphatic carbocycles. The lowest BCUT2D eigenvalue weighted by atomic mass is 10.1. The zero-order valence-corrected chi connectivity index (χ0v) is 12.5. The van der Waals surface area contributed by atoms with E-state index in [4.69, 9.17) is 27.9 Å². The predicted molar refractivity (Wildman–Crippen MR) is 77.8 cm³/mol. The Bertz CT molecular complexity index is 595. The standard InChI is InChI=1S/C14H14Cl2N2O2/c1-9(19)18-14(6-2-3-7-14)20-13(17-18)10-4-5-11(15)12(16)8-10/h4-5,8H,2-3,6-7H2,1H3. The van der Waals surface area contributed by atoms with Crippen molar-refractivity contribution in [2.45, 2.75) is 38.3 Å². The summed E-state index contributed by atoms with van der Waals surface area (Å²) in [6, 6.07) is 5.19. The van der Waals surface area contributed by atoms with Crippen molar-refractivity contribution >= 4 is 35.0 Å². The van der Waals surface area contributed by atoms with E-state index in [-0.39, 0.29) is 5.91 Å². The Balaban J connectivity index is 1.96. The molecule has 1 aliphatic heterocycles. The van der Waals surface area contributed by atoms with Crippen molar-refractivity contribution in [1.82, 2.24) is 5.01 Å². The van der Waals surface area contributed by atoms with Crippen LogP contribution in [-0.4, -0.2) is 22.5 Å². The lowest BCUT2D eigenvalue weighted by Gasteiger charge is -2.29. The molecule has 0 saturated heterocycles. The Morgan fingerprint density at radius 3 is 2.60 bits per heavy atom. The third-order valence-electron chi connectivity index (χ3n) is 3.71. The Hall–Kier alpha value is -1.26. The van der Waals surface area contributed by atoms with Crippen LogP contribution in [0.5, 0.6) is 0 Å². The highest BCUT2D eigenvalue weighted by Crippen LogP contribution is 2.41. The Morgan fingerprint density at radius 2 is 2.00 bits per heavy atom. The molecule has 0 unspecified atom stereocenters. The van der Waals surface area contributed by atoms with Crippen LogP contribution < -0.4 is 0 Å². The van der Waals surface area contributed by atoms with Crippen LogP contribution in [0.25, 0.3) is 0 Å². The summed E-state index contributed by atoms with van der Waals surface area (Å²) in [5.74, 6) is 0.322. The topological polar surface area (TPSA) is 41.9 Å². The number of rotatable bonds is 1. The molecule has 1 heterocycles. The second-order valence-corrected chi connectivity index (χ2v) is 5.93. The SMILES string of the molecule is CC(=O)N1N=C(c2ccc(Cl)c(Cl)c2)OC12CCCC2. The number of halogens is 2. The van der Waals surface area contributed by atoms with Gasteiger partial charge < -0.3 is 4.74 Å². The molecular formula is C14H14Cl2N2O2. The first kappa shape index (κ1) is 13.7. The molecule has 2 aliphatic rings. The molecule has 0 aromatic heterocycles. The van der Waals surface area contributed by atoms with Gasteiger partial charge in [-0.15, -0.1) is 5.10 Å². The molecule has 4 nitrogen and oxygen atoms in total. The highest BCUT2D eigenvalue weighted by molar-refractivity contribution is 6.42. The van der Waals surface area contributed by atoms with Crippen LogP contribution in [-0.2, 0) is 9.53 Å². The number of benzene rings is 1. The summed E-state index contributed by atoms with van der Waals surface area (Å²) in [4.78, 5) is 11.8. The first-order valence-electron chi connectivity index (χ1n) is 6.56. The first-order chi connectivity index (χ1) is 9.52. The number of hydrazone groups is 1. The number of hydrogen-bond donors (Lipinski definition) is 0. The number of hydrogen-bond acceptors (Lipinski definition) is 3. The van der Waals surface area contributed by atoms with Crippen molar-refractivity contribution < 1.29 is 9.53 Å². The maximum absolute atomic E-state index is 11.8. The van der Waals surface area contributed by atoms with Gasteiger partial charge in [-0.1, -0.05) is 23.2 Å². The maximum atomic E-state index is 11.8. The summed E-state index contributed by atoms with van der Waals surface area (Å²) in [6.45, 7) is 1.50. The zero-order chi connectivity index (χ0) is 14.3. The normalized spacial score (nSPS) is 20.1. The number of nitrogens with zero attached hydrogens (tertiary/aromatic N) is 2. The van der Waals surface area contributed by atoms with Gasteiger partial charge in [0.1, 0.15) is 0 Å². The average Bonchev–Trinajstić information content (AvgIpc) is 3.01. The molecule has 0 bridgehead atoms. The van der Waals surface area contributed by atoms with Crippen molar-refractivity contribution in [1.29, 1.82) is 0 Å². The summed E-state index contributed by atoms with van der Waals surface area (Å²) in [6.07, 6.45) is 3.68. The molecule has 3 rings (SSSR count). The molecule has 1 amide bonds. The number of ether oxygens (including phenoxy) is 1. The van der Waals surface area contributed by atoms with Gasteiger partial charge in [-0.05, 0) is 31.0 Å². The molecular weight excluding hydrogens is 299 g/mol. The molecule has 1 fully saturated rings. The van der Waals surface area contributed by atoms with Gasteiger partial charge in [-0.3, -0.25) is 4.79 Å². The fraction of sp³-hybridized carbons (Fsp3) is 0.429. The van der Waals surface area contributed by atoms with Gasteiger partial charge in [-0.2, -0.15) is 5.01 Å². The van der Waals surface area contributed by atoms with Gasteiger partial charge in [0.05, 0.1) is 10.0 Å². The second kappa shape index (κ2) is 4.93. The van der Waals surface area contributed by atoms with Crippen LogP contribution in [0.4, 0.5) is 0 Å². The quantitative estimate of drug-likeness (QED) is 0.791. The van der Waals surface area contributed by atoms with Crippen molar-refractivity contribution in [3.63, 3.8) is 0 Å². The van der Waals surface area contributed by atoms with Gasteiger partial charge in [0.2, 0.25) is 17.5 Å². The Kier molecular flexibility index (Phi) is 3.38. The lowest BCUT2D eigenvalue weighted by molar-refractivity contribution is -0.146. The van der Waals surface area contributed by atoms with E-state index >= 15 is 0 Å². The largest absolute Gasteiger partial charge is 0.447 e. The lowest BCUT2D eigenvalue weighted by Crippen LogP contribution is -2.44. The summed E-state index contributed by atoms with van der Waals surface area (Å²) in [5.41, 5.74) is 0.127. The van der Waals surface area contributed by atoms with E-state index < -0.39 is 5.72 Å². The minimum atomic E-state index is -0.604. The molecule has 1 spiro atoms. The van der Waals surface area contributed by atoms with E-state index in [2.05, 4.69) is 5.10 Å². The summed E-state index contributed by atoms with van der Waals surface area (Å²) in [5, 5.41) is 6.73. The number of amides is 1. The third-order valence-corrected chi connectivity index (χ3v) is 4.45. The molecule has 6 heteroatoms. The van der Waals surface area contributed by atoms with Crippen LogP contribution in [0.1, 0.15) is 38.2 Å². The van der Waals surface area contributed by atoms with Crippen molar-refractivity contribution in [2.75, 3.05) is 0 Å². The van der Waals surface area contributed by atoms with E-state index in [0.717, 1.165) is 31.2 Å². The highest BCUT2D eigenvalue weighted by atomic mass is 35.5. The molecule has 0 N–H and O–H groups in total. The predicted octanol–water partition coefficient (Wildman–Crippen LogP) is 3.80. The fourth-order valence-corrected chi connectivity index (χ4v) is 3.07. The first-order valence-corrected chi connectivity index (χ1v) is 7.31. The third kappa shape index (κ3) is 2.17. The van der Waals surface area contributed by atoms with Gasteiger partial charge in [0.25, 0.3) is 0 Å². The highest BCUT2D eigenvalue weighted by Gasteiger charge is 2.49. The minimum absolute atomic E-state index is 0.109. The summed E-state index contributed by atoms with van der Waals surface area (Å²) in [7, 11) is 0. The summed E-state index contributed by atoms with van der Waals surface area (Å²) >= 11 is 11.9. The average molecular weight is 313 g/mol. The van der Waals surface area contributed by atoms with E-state index in [1.165, 1.54) is 11.9 Å². The molecule has 0 atom stereocenters. The van der Waals surface area contributed by atoms with E-state index in [9.17, 15) is 4.79 Å². The van der Waals surface area contributed by atoms with E-state index in [0.29, 0.717) is 15.9 Å². The Morgan fingerprint density at radius 1 is 1.30 bits per heavy atom. The van der Waals surface area contributed by atoms with Gasteiger partial charge in [0.15, 0.2) is 0 Å². The summed E-state index contributed by atoms with van der Waals surface area (Å²) < 4.78 is 6.02. The fourth-order valence-electron chi connectivity index (χ4n) is 2.77. The van der Waals surface area contributed by atoms with Crippen LogP contribution in [0.2, 0.25) is 10.0 Å². The molecule has 20 heavy (non-hydrogen) atoms. The molecule has 106 valence electrons. The van der Waals surface area contributed by atoms with Crippen molar-refractivity contribution in [3.05, 3.63) is 33.8 Å². The molecule has 0 radical (unpaired) electrons. The Labute approximate surface area is 127 Å². The van der Waals surface area contributed by atoms with Gasteiger partial charge in [-0.25, -0.2) is 0 Å². The van der Waals surface area contributed by atoms with E-state index in [1.54, 1.807) is 18.2 Å². The molecule has 1 aromatic rings. The molecule has 1 aromatic carbocycles. The zero-order valence-electron chi connectivity index (χ0n) is 11.0. The number of carbonyl (C=O) groups excluding carboxylic acids is 1. The van der Waals surface area contributed by atoms with Gasteiger partial charge >= 0.3 is 0 Å².